The molecule has 0 radical (unpaired) electrons. The molecule has 4 heteroatoms. The SMILES string of the molecule is CCOc1cc(N)cc(N(C)C2CCCCC2O)c1. The maximum absolute atomic E-state index is 10.1. The fourth-order valence-electron chi connectivity index (χ4n) is 2.79. The van der Waals surface area contributed by atoms with Crippen LogP contribution in [-0.2, 0) is 0 Å². The molecule has 2 rings (SSSR count). The number of rotatable bonds is 4. The van der Waals surface area contributed by atoms with Crippen LogP contribution >= 0.6 is 0 Å². The Balaban J connectivity index is 2.19. The van der Waals surface area contributed by atoms with Crippen LogP contribution in [0.2, 0.25) is 0 Å². The van der Waals surface area contributed by atoms with Crippen LogP contribution in [0.4, 0.5) is 11.4 Å². The molecule has 0 heterocycles. The van der Waals surface area contributed by atoms with Crippen LogP contribution < -0.4 is 15.4 Å². The number of ether oxygens (including phenoxy) is 1. The van der Waals surface area contributed by atoms with Crippen LogP contribution in [0.5, 0.6) is 5.75 Å². The number of hydrogen-bond acceptors (Lipinski definition) is 4. The minimum atomic E-state index is -0.254. The van der Waals surface area contributed by atoms with Crippen molar-refractivity contribution in [2.75, 3.05) is 24.3 Å². The predicted octanol–water partition coefficient (Wildman–Crippen LogP) is 2.41. The van der Waals surface area contributed by atoms with E-state index in [1.807, 2.05) is 32.2 Å². The largest absolute Gasteiger partial charge is 0.494 e. The van der Waals surface area contributed by atoms with E-state index in [1.165, 1.54) is 6.42 Å². The van der Waals surface area contributed by atoms with E-state index in [0.29, 0.717) is 12.3 Å². The van der Waals surface area contributed by atoms with Crippen molar-refractivity contribution in [1.82, 2.24) is 0 Å². The number of likely N-dealkylation sites (N-methyl/N-ethyl adjacent to an activating group) is 1. The molecule has 2 unspecified atom stereocenters. The molecule has 106 valence electrons. The van der Waals surface area contributed by atoms with Gasteiger partial charge in [-0.15, -0.1) is 0 Å². The average Bonchev–Trinajstić information content (AvgIpc) is 2.38. The summed E-state index contributed by atoms with van der Waals surface area (Å²) in [7, 11) is 2.02. The van der Waals surface area contributed by atoms with Gasteiger partial charge in [0.25, 0.3) is 0 Å². The molecule has 1 aliphatic rings. The lowest BCUT2D eigenvalue weighted by Gasteiger charge is -2.36. The Hall–Kier alpha value is -1.42. The zero-order valence-electron chi connectivity index (χ0n) is 11.8. The second kappa shape index (κ2) is 6.15. The standard InChI is InChI=1S/C15H24N2O2/c1-3-19-13-9-11(16)8-12(10-13)17(2)14-6-4-5-7-15(14)18/h8-10,14-15,18H,3-7,16H2,1-2H3. The Kier molecular flexibility index (Phi) is 4.53. The Labute approximate surface area is 115 Å². The van der Waals surface area contributed by atoms with Crippen molar-refractivity contribution in [3.63, 3.8) is 0 Å². The number of nitrogens with two attached hydrogens (primary N) is 1. The molecule has 0 aliphatic heterocycles. The van der Waals surface area contributed by atoms with Gasteiger partial charge in [-0.3, -0.25) is 0 Å². The number of anilines is 2. The second-order valence-corrected chi connectivity index (χ2v) is 5.22. The average molecular weight is 264 g/mol. The van der Waals surface area contributed by atoms with E-state index in [2.05, 4.69) is 4.90 Å². The molecule has 1 fully saturated rings. The van der Waals surface area contributed by atoms with Crippen LogP contribution in [-0.4, -0.2) is 30.9 Å². The van der Waals surface area contributed by atoms with Gasteiger partial charge in [-0.05, 0) is 25.8 Å². The number of nitrogen functional groups attached to an aromatic ring is 1. The van der Waals surface area contributed by atoms with Gasteiger partial charge in [0.1, 0.15) is 5.75 Å². The quantitative estimate of drug-likeness (QED) is 0.820. The highest BCUT2D eigenvalue weighted by molar-refractivity contribution is 5.60. The first-order valence-corrected chi connectivity index (χ1v) is 7.06. The number of nitrogens with zero attached hydrogens (tertiary/aromatic N) is 1. The van der Waals surface area contributed by atoms with E-state index in [9.17, 15) is 5.11 Å². The van der Waals surface area contributed by atoms with Gasteiger partial charge in [0.05, 0.1) is 18.8 Å². The third-order valence-corrected chi connectivity index (χ3v) is 3.82. The van der Waals surface area contributed by atoms with Gasteiger partial charge in [-0.2, -0.15) is 0 Å². The van der Waals surface area contributed by atoms with Gasteiger partial charge < -0.3 is 20.5 Å². The maximum atomic E-state index is 10.1. The molecule has 4 nitrogen and oxygen atoms in total. The van der Waals surface area contributed by atoms with Gasteiger partial charge in [-0.25, -0.2) is 0 Å². The lowest BCUT2D eigenvalue weighted by Crippen LogP contribution is -2.43. The summed E-state index contributed by atoms with van der Waals surface area (Å²) < 4.78 is 5.52. The van der Waals surface area contributed by atoms with Crippen LogP contribution in [0.25, 0.3) is 0 Å². The highest BCUT2D eigenvalue weighted by Gasteiger charge is 2.27. The van der Waals surface area contributed by atoms with E-state index >= 15 is 0 Å². The molecule has 0 amide bonds. The third-order valence-electron chi connectivity index (χ3n) is 3.82. The molecule has 0 saturated heterocycles. The molecule has 1 aliphatic carbocycles. The highest BCUT2D eigenvalue weighted by Crippen LogP contribution is 2.30. The summed E-state index contributed by atoms with van der Waals surface area (Å²) in [4.78, 5) is 2.13. The summed E-state index contributed by atoms with van der Waals surface area (Å²) in [6.07, 6.45) is 3.95. The minimum absolute atomic E-state index is 0.171. The van der Waals surface area contributed by atoms with Gasteiger partial charge in [-0.1, -0.05) is 12.8 Å². The summed E-state index contributed by atoms with van der Waals surface area (Å²) in [5.41, 5.74) is 7.62. The Morgan fingerprint density at radius 3 is 2.74 bits per heavy atom. The lowest BCUT2D eigenvalue weighted by atomic mass is 9.91. The fourth-order valence-corrected chi connectivity index (χ4v) is 2.79. The van der Waals surface area contributed by atoms with Gasteiger partial charge in [0, 0.05) is 30.6 Å². The van der Waals surface area contributed by atoms with Gasteiger partial charge in [0.15, 0.2) is 0 Å². The van der Waals surface area contributed by atoms with E-state index in [0.717, 1.165) is 30.7 Å². The monoisotopic (exact) mass is 264 g/mol. The topological polar surface area (TPSA) is 58.7 Å². The summed E-state index contributed by atoms with van der Waals surface area (Å²) in [6.45, 7) is 2.58. The summed E-state index contributed by atoms with van der Waals surface area (Å²) >= 11 is 0. The molecule has 1 saturated carbocycles. The smallest absolute Gasteiger partial charge is 0.123 e. The molecule has 1 aromatic rings. The van der Waals surface area contributed by atoms with Crippen LogP contribution in [0, 0.1) is 0 Å². The molecule has 2 atom stereocenters. The van der Waals surface area contributed by atoms with Crippen LogP contribution in [0.1, 0.15) is 32.6 Å². The van der Waals surface area contributed by atoms with E-state index in [4.69, 9.17) is 10.5 Å². The Morgan fingerprint density at radius 1 is 1.32 bits per heavy atom. The fraction of sp³-hybridized carbons (Fsp3) is 0.600. The van der Waals surface area contributed by atoms with Crippen LogP contribution in [0.15, 0.2) is 18.2 Å². The minimum Gasteiger partial charge on any atom is -0.494 e. The van der Waals surface area contributed by atoms with Crippen molar-refractivity contribution >= 4 is 11.4 Å². The van der Waals surface area contributed by atoms with Gasteiger partial charge in [0.2, 0.25) is 0 Å². The first-order chi connectivity index (χ1) is 9.11. The lowest BCUT2D eigenvalue weighted by molar-refractivity contribution is 0.106. The number of aliphatic hydroxyl groups is 1. The number of aliphatic hydroxyl groups excluding tert-OH is 1. The van der Waals surface area contributed by atoms with Crippen molar-refractivity contribution in [3.8, 4) is 5.75 Å². The molecule has 0 bridgehead atoms. The van der Waals surface area contributed by atoms with Crippen LogP contribution in [0.3, 0.4) is 0 Å². The van der Waals surface area contributed by atoms with Crippen molar-refractivity contribution in [2.24, 2.45) is 0 Å². The molecule has 0 aromatic heterocycles. The molecule has 19 heavy (non-hydrogen) atoms. The first kappa shape index (κ1) is 14.0. The summed E-state index contributed by atoms with van der Waals surface area (Å²) in [5, 5.41) is 10.1. The normalized spacial score (nSPS) is 23.1. The third kappa shape index (κ3) is 3.32. The second-order valence-electron chi connectivity index (χ2n) is 5.22. The number of hydrogen-bond donors (Lipinski definition) is 2. The van der Waals surface area contributed by atoms with E-state index in [-0.39, 0.29) is 12.1 Å². The highest BCUT2D eigenvalue weighted by atomic mass is 16.5. The molecular weight excluding hydrogens is 240 g/mol. The first-order valence-electron chi connectivity index (χ1n) is 7.06. The summed E-state index contributed by atoms with van der Waals surface area (Å²) in [5.74, 6) is 0.787. The van der Waals surface area contributed by atoms with Crippen molar-refractivity contribution in [1.29, 1.82) is 0 Å². The van der Waals surface area contributed by atoms with Crippen molar-refractivity contribution < 1.29 is 9.84 Å². The predicted molar refractivity (Wildman–Crippen MR) is 78.7 cm³/mol. The molecular formula is C15H24N2O2. The molecule has 3 N–H and O–H groups in total. The summed E-state index contributed by atoms with van der Waals surface area (Å²) in [6, 6.07) is 5.92. The molecule has 1 aromatic carbocycles. The molecule has 0 spiro atoms. The number of benzene rings is 1. The van der Waals surface area contributed by atoms with E-state index in [1.54, 1.807) is 0 Å². The van der Waals surface area contributed by atoms with Crippen molar-refractivity contribution in [3.05, 3.63) is 18.2 Å². The van der Waals surface area contributed by atoms with Gasteiger partial charge >= 0.3 is 0 Å². The maximum Gasteiger partial charge on any atom is 0.123 e. The van der Waals surface area contributed by atoms with Crippen molar-refractivity contribution in [2.45, 2.75) is 44.8 Å². The Morgan fingerprint density at radius 2 is 2.05 bits per heavy atom. The zero-order chi connectivity index (χ0) is 13.8. The zero-order valence-corrected chi connectivity index (χ0v) is 11.8. The van der Waals surface area contributed by atoms with E-state index < -0.39 is 0 Å². The Bertz CT molecular complexity index is 423.